The smallest absolute Gasteiger partial charge is 0.228 e. The molecule has 1 amide bonds. The molecule has 0 aliphatic carbocycles. The largest absolute Gasteiger partial charge is 0.342 e. The van der Waals surface area contributed by atoms with Crippen LogP contribution in [0.15, 0.2) is 24.3 Å². The summed E-state index contributed by atoms with van der Waals surface area (Å²) in [5.41, 5.74) is 7.56. The van der Waals surface area contributed by atoms with Gasteiger partial charge in [0.05, 0.1) is 5.92 Å². The number of carbonyl (C=O) groups is 1. The van der Waals surface area contributed by atoms with Crippen LogP contribution in [0, 0.1) is 5.92 Å². The zero-order chi connectivity index (χ0) is 15.5. The van der Waals surface area contributed by atoms with Crippen LogP contribution >= 0.6 is 11.6 Å². The minimum atomic E-state index is 0.0601. The van der Waals surface area contributed by atoms with E-state index in [0.29, 0.717) is 5.92 Å². The number of nitrogens with zero attached hydrogens (tertiary/aromatic N) is 1. The average molecular weight is 322 g/mol. The molecule has 2 aliphatic rings. The summed E-state index contributed by atoms with van der Waals surface area (Å²) in [5, 5.41) is 0.815. The molecular weight excluding hydrogens is 298 g/mol. The highest BCUT2D eigenvalue weighted by Gasteiger charge is 2.37. The van der Waals surface area contributed by atoms with E-state index >= 15 is 0 Å². The van der Waals surface area contributed by atoms with Crippen LogP contribution in [-0.2, 0) is 4.79 Å². The first-order valence-electron chi connectivity index (χ1n) is 8.22. The molecular formula is C17H24ClN3O. The van der Waals surface area contributed by atoms with Crippen LogP contribution in [0.25, 0.3) is 0 Å². The number of halogens is 1. The molecule has 1 aromatic rings. The molecule has 1 aromatic carbocycles. The summed E-state index contributed by atoms with van der Waals surface area (Å²) in [7, 11) is 0. The van der Waals surface area contributed by atoms with Crippen LogP contribution in [0.5, 0.6) is 0 Å². The molecule has 0 bridgehead atoms. The first kappa shape index (κ1) is 15.8. The molecule has 2 heterocycles. The van der Waals surface area contributed by atoms with Crippen molar-refractivity contribution in [3.8, 4) is 0 Å². The van der Waals surface area contributed by atoms with Gasteiger partial charge < -0.3 is 4.90 Å². The Balaban J connectivity index is 1.65. The van der Waals surface area contributed by atoms with Crippen molar-refractivity contribution in [2.75, 3.05) is 19.6 Å². The van der Waals surface area contributed by atoms with E-state index in [4.69, 9.17) is 11.6 Å². The predicted octanol–water partition coefficient (Wildman–Crippen LogP) is 2.55. The van der Waals surface area contributed by atoms with Gasteiger partial charge >= 0.3 is 0 Å². The van der Waals surface area contributed by atoms with Crippen LogP contribution in [0.4, 0.5) is 0 Å². The third-order valence-corrected chi connectivity index (χ3v) is 5.20. The lowest BCUT2D eigenvalue weighted by atomic mass is 9.96. The second-order valence-electron chi connectivity index (χ2n) is 6.32. The van der Waals surface area contributed by atoms with E-state index < -0.39 is 0 Å². The van der Waals surface area contributed by atoms with Gasteiger partial charge in [0.15, 0.2) is 0 Å². The molecule has 5 heteroatoms. The lowest BCUT2D eigenvalue weighted by molar-refractivity contribution is -0.134. The van der Waals surface area contributed by atoms with Crippen LogP contribution in [0.2, 0.25) is 5.02 Å². The minimum absolute atomic E-state index is 0.0601. The van der Waals surface area contributed by atoms with E-state index in [9.17, 15) is 4.79 Å². The van der Waals surface area contributed by atoms with Gasteiger partial charge in [-0.1, -0.05) is 43.1 Å². The average Bonchev–Trinajstić information content (AvgIpc) is 3.17. The lowest BCUT2D eigenvalue weighted by Gasteiger charge is -2.24. The summed E-state index contributed by atoms with van der Waals surface area (Å²) in [5.74, 6) is 0.708. The molecule has 0 saturated carbocycles. The number of likely N-dealkylation sites (tertiary alicyclic amines) is 1. The third-order valence-electron chi connectivity index (χ3n) is 4.86. The van der Waals surface area contributed by atoms with Gasteiger partial charge in [0.2, 0.25) is 5.91 Å². The SMILES string of the molecule is CCCC1NNCC1C(=O)N1CCC(c2ccccc2Cl)C1. The van der Waals surface area contributed by atoms with Gasteiger partial charge in [0, 0.05) is 36.6 Å². The molecule has 3 rings (SSSR count). The fourth-order valence-electron chi connectivity index (χ4n) is 3.64. The fourth-order valence-corrected chi connectivity index (χ4v) is 3.93. The predicted molar refractivity (Wildman–Crippen MR) is 88.7 cm³/mol. The van der Waals surface area contributed by atoms with Crippen LogP contribution in [0.1, 0.15) is 37.7 Å². The van der Waals surface area contributed by atoms with Crippen molar-refractivity contribution >= 4 is 17.5 Å². The fraction of sp³-hybridized carbons (Fsp3) is 0.588. The zero-order valence-corrected chi connectivity index (χ0v) is 13.8. The molecule has 3 unspecified atom stereocenters. The highest BCUT2D eigenvalue weighted by atomic mass is 35.5. The van der Waals surface area contributed by atoms with Crippen LogP contribution in [0.3, 0.4) is 0 Å². The Labute approximate surface area is 137 Å². The quantitative estimate of drug-likeness (QED) is 0.896. The van der Waals surface area contributed by atoms with E-state index in [1.165, 1.54) is 5.56 Å². The standard InChI is InChI=1S/C17H24ClN3O/c1-2-5-16-14(10-19-20-16)17(22)21-9-8-12(11-21)13-6-3-4-7-15(13)18/h3-4,6-7,12,14,16,19-20H,2,5,8-11H2,1H3. The monoisotopic (exact) mass is 321 g/mol. The molecule has 120 valence electrons. The Morgan fingerprint density at radius 3 is 3.00 bits per heavy atom. The first-order valence-corrected chi connectivity index (χ1v) is 8.60. The Hall–Kier alpha value is -1.10. The number of nitrogens with one attached hydrogen (secondary N) is 2. The van der Waals surface area contributed by atoms with Gasteiger partial charge in [-0.05, 0) is 24.5 Å². The van der Waals surface area contributed by atoms with Crippen molar-refractivity contribution in [3.05, 3.63) is 34.9 Å². The summed E-state index contributed by atoms with van der Waals surface area (Å²) in [6.07, 6.45) is 3.12. The van der Waals surface area contributed by atoms with Crippen LogP contribution in [-0.4, -0.2) is 36.5 Å². The molecule has 0 radical (unpaired) electrons. The highest BCUT2D eigenvalue weighted by molar-refractivity contribution is 6.31. The van der Waals surface area contributed by atoms with Gasteiger partial charge in [-0.2, -0.15) is 0 Å². The second kappa shape index (κ2) is 6.99. The molecule has 0 spiro atoms. The van der Waals surface area contributed by atoms with Crippen molar-refractivity contribution in [1.29, 1.82) is 0 Å². The van der Waals surface area contributed by atoms with Crippen molar-refractivity contribution in [1.82, 2.24) is 15.8 Å². The molecule has 3 atom stereocenters. The van der Waals surface area contributed by atoms with Crippen LogP contribution < -0.4 is 10.9 Å². The second-order valence-corrected chi connectivity index (χ2v) is 6.73. The van der Waals surface area contributed by atoms with Gasteiger partial charge in [0.25, 0.3) is 0 Å². The van der Waals surface area contributed by atoms with E-state index in [-0.39, 0.29) is 17.9 Å². The topological polar surface area (TPSA) is 44.4 Å². The number of hydrazine groups is 1. The Morgan fingerprint density at radius 1 is 1.41 bits per heavy atom. The molecule has 2 saturated heterocycles. The van der Waals surface area contributed by atoms with Crippen molar-refractivity contribution in [2.24, 2.45) is 5.92 Å². The number of hydrogen-bond acceptors (Lipinski definition) is 3. The third kappa shape index (κ3) is 3.14. The molecule has 2 aliphatic heterocycles. The summed E-state index contributed by atoms with van der Waals surface area (Å²) in [6, 6.07) is 8.25. The number of carbonyl (C=O) groups excluding carboxylic acids is 1. The number of amides is 1. The number of rotatable bonds is 4. The summed E-state index contributed by atoms with van der Waals surface area (Å²) in [4.78, 5) is 14.8. The van der Waals surface area contributed by atoms with E-state index in [2.05, 4.69) is 23.8 Å². The Bertz CT molecular complexity index is 536. The molecule has 0 aromatic heterocycles. The first-order chi connectivity index (χ1) is 10.7. The maximum atomic E-state index is 12.8. The van der Waals surface area contributed by atoms with Crippen molar-refractivity contribution in [2.45, 2.75) is 38.1 Å². The number of hydrogen-bond donors (Lipinski definition) is 2. The Kier molecular flexibility index (Phi) is 5.01. The summed E-state index contributed by atoms with van der Waals surface area (Å²) >= 11 is 6.30. The summed E-state index contributed by atoms with van der Waals surface area (Å²) < 4.78 is 0. The van der Waals surface area contributed by atoms with Crippen molar-refractivity contribution in [3.63, 3.8) is 0 Å². The van der Waals surface area contributed by atoms with E-state index in [1.54, 1.807) is 0 Å². The normalized spacial score (nSPS) is 28.3. The molecule has 4 nitrogen and oxygen atoms in total. The maximum absolute atomic E-state index is 12.8. The molecule has 2 fully saturated rings. The van der Waals surface area contributed by atoms with Gasteiger partial charge in [-0.25, -0.2) is 0 Å². The van der Waals surface area contributed by atoms with Gasteiger partial charge in [-0.3, -0.25) is 15.6 Å². The molecule has 2 N–H and O–H groups in total. The maximum Gasteiger partial charge on any atom is 0.228 e. The molecule has 22 heavy (non-hydrogen) atoms. The summed E-state index contributed by atoms with van der Waals surface area (Å²) in [6.45, 7) is 4.52. The lowest BCUT2D eigenvalue weighted by Crippen LogP contribution is -2.41. The minimum Gasteiger partial charge on any atom is -0.342 e. The zero-order valence-electron chi connectivity index (χ0n) is 13.0. The number of benzene rings is 1. The van der Waals surface area contributed by atoms with Crippen molar-refractivity contribution < 1.29 is 4.79 Å². The Morgan fingerprint density at radius 2 is 2.23 bits per heavy atom. The van der Waals surface area contributed by atoms with E-state index in [0.717, 1.165) is 43.9 Å². The van der Waals surface area contributed by atoms with Gasteiger partial charge in [0.1, 0.15) is 0 Å². The highest BCUT2D eigenvalue weighted by Crippen LogP contribution is 2.33. The van der Waals surface area contributed by atoms with Gasteiger partial charge in [-0.15, -0.1) is 0 Å². The van der Waals surface area contributed by atoms with E-state index in [1.807, 2.05) is 23.1 Å².